The van der Waals surface area contributed by atoms with Gasteiger partial charge in [-0.15, -0.1) is 0 Å². The van der Waals surface area contributed by atoms with Crippen molar-refractivity contribution < 1.29 is 13.9 Å². The van der Waals surface area contributed by atoms with Gasteiger partial charge in [0.25, 0.3) is 5.91 Å². The van der Waals surface area contributed by atoms with Gasteiger partial charge in [0.1, 0.15) is 11.5 Å². The standard InChI is InChI=1S/C16H20N2O3/c1-17-10-13-5-3-6-14(9-13)21-12-16(19)18(2)11-15-7-4-8-20-15/h3-9,17H,10-12H2,1-2H3. The van der Waals surface area contributed by atoms with Crippen molar-refractivity contribution in [2.45, 2.75) is 13.1 Å². The first kappa shape index (κ1) is 15.1. The summed E-state index contributed by atoms with van der Waals surface area (Å²) in [6, 6.07) is 11.3. The van der Waals surface area contributed by atoms with E-state index in [1.165, 1.54) is 0 Å². The lowest BCUT2D eigenvalue weighted by molar-refractivity contribution is -0.132. The molecule has 0 aliphatic carbocycles. The highest BCUT2D eigenvalue weighted by molar-refractivity contribution is 5.77. The third-order valence-corrected chi connectivity index (χ3v) is 3.04. The van der Waals surface area contributed by atoms with Crippen molar-refractivity contribution in [3.05, 3.63) is 54.0 Å². The summed E-state index contributed by atoms with van der Waals surface area (Å²) in [6.07, 6.45) is 1.59. The molecule has 0 aliphatic heterocycles. The number of carbonyl (C=O) groups is 1. The van der Waals surface area contributed by atoms with E-state index in [4.69, 9.17) is 9.15 Å². The van der Waals surface area contributed by atoms with Crippen LogP contribution < -0.4 is 10.1 Å². The highest BCUT2D eigenvalue weighted by Gasteiger charge is 2.11. The SMILES string of the molecule is CNCc1cccc(OCC(=O)N(C)Cc2ccco2)c1. The van der Waals surface area contributed by atoms with Gasteiger partial charge in [0, 0.05) is 13.6 Å². The first-order valence-corrected chi connectivity index (χ1v) is 6.81. The third kappa shape index (κ3) is 4.65. The number of hydrogen-bond donors (Lipinski definition) is 1. The molecule has 2 aromatic rings. The smallest absolute Gasteiger partial charge is 0.260 e. The van der Waals surface area contributed by atoms with Crippen molar-refractivity contribution in [3.8, 4) is 5.75 Å². The van der Waals surface area contributed by atoms with Crippen LogP contribution in [-0.2, 0) is 17.9 Å². The summed E-state index contributed by atoms with van der Waals surface area (Å²) in [5.74, 6) is 1.36. The molecular weight excluding hydrogens is 268 g/mol. The van der Waals surface area contributed by atoms with Crippen LogP contribution in [0.1, 0.15) is 11.3 Å². The van der Waals surface area contributed by atoms with Crippen LogP contribution in [-0.4, -0.2) is 31.5 Å². The zero-order valence-electron chi connectivity index (χ0n) is 12.3. The van der Waals surface area contributed by atoms with E-state index in [-0.39, 0.29) is 12.5 Å². The van der Waals surface area contributed by atoms with Crippen LogP contribution in [0.25, 0.3) is 0 Å². The summed E-state index contributed by atoms with van der Waals surface area (Å²) >= 11 is 0. The molecule has 1 aromatic heterocycles. The zero-order chi connectivity index (χ0) is 15.1. The molecule has 0 fully saturated rings. The second kappa shape index (κ2) is 7.50. The number of benzene rings is 1. The molecule has 5 heteroatoms. The Labute approximate surface area is 124 Å². The maximum atomic E-state index is 12.0. The van der Waals surface area contributed by atoms with Crippen LogP contribution in [0.15, 0.2) is 47.1 Å². The fourth-order valence-corrected chi connectivity index (χ4v) is 1.93. The van der Waals surface area contributed by atoms with Crippen LogP contribution in [0.5, 0.6) is 5.75 Å². The van der Waals surface area contributed by atoms with Gasteiger partial charge in [0.05, 0.1) is 12.8 Å². The van der Waals surface area contributed by atoms with Gasteiger partial charge in [-0.2, -0.15) is 0 Å². The zero-order valence-corrected chi connectivity index (χ0v) is 12.3. The Morgan fingerprint density at radius 1 is 1.33 bits per heavy atom. The number of hydrogen-bond acceptors (Lipinski definition) is 4. The summed E-state index contributed by atoms with van der Waals surface area (Å²) in [4.78, 5) is 13.6. The van der Waals surface area contributed by atoms with Crippen molar-refractivity contribution in [2.24, 2.45) is 0 Å². The fraction of sp³-hybridized carbons (Fsp3) is 0.312. The Balaban J connectivity index is 1.84. The molecule has 0 atom stereocenters. The topological polar surface area (TPSA) is 54.7 Å². The molecule has 0 aliphatic rings. The van der Waals surface area contributed by atoms with Crippen LogP contribution in [0.4, 0.5) is 0 Å². The summed E-state index contributed by atoms with van der Waals surface area (Å²) in [7, 11) is 3.62. The number of ether oxygens (including phenoxy) is 1. The molecule has 0 saturated heterocycles. The molecule has 1 amide bonds. The molecular formula is C16H20N2O3. The Kier molecular flexibility index (Phi) is 5.40. The Hall–Kier alpha value is -2.27. The minimum absolute atomic E-state index is 0.0141. The summed E-state index contributed by atoms with van der Waals surface area (Å²) in [5, 5.41) is 3.08. The third-order valence-electron chi connectivity index (χ3n) is 3.04. The van der Waals surface area contributed by atoms with E-state index < -0.39 is 0 Å². The number of likely N-dealkylation sites (N-methyl/N-ethyl adjacent to an activating group) is 1. The predicted octanol–water partition coefficient (Wildman–Crippen LogP) is 2.04. The van der Waals surface area contributed by atoms with Gasteiger partial charge in [-0.3, -0.25) is 4.79 Å². The van der Waals surface area contributed by atoms with Crippen LogP contribution >= 0.6 is 0 Å². The van der Waals surface area contributed by atoms with Crippen LogP contribution in [0, 0.1) is 0 Å². The molecule has 2 rings (SSSR count). The first-order valence-electron chi connectivity index (χ1n) is 6.81. The lowest BCUT2D eigenvalue weighted by Gasteiger charge is -2.16. The predicted molar refractivity (Wildman–Crippen MR) is 79.9 cm³/mol. The quantitative estimate of drug-likeness (QED) is 0.847. The molecule has 1 heterocycles. The van der Waals surface area contributed by atoms with E-state index in [1.54, 1.807) is 24.3 Å². The maximum absolute atomic E-state index is 12.0. The van der Waals surface area contributed by atoms with Crippen LogP contribution in [0.3, 0.4) is 0 Å². The second-order valence-electron chi connectivity index (χ2n) is 4.80. The molecule has 0 spiro atoms. The maximum Gasteiger partial charge on any atom is 0.260 e. The molecule has 5 nitrogen and oxygen atoms in total. The number of nitrogens with one attached hydrogen (secondary N) is 1. The van der Waals surface area contributed by atoms with Crippen molar-refractivity contribution >= 4 is 5.91 Å². The van der Waals surface area contributed by atoms with Gasteiger partial charge >= 0.3 is 0 Å². The molecule has 1 aromatic carbocycles. The van der Waals surface area contributed by atoms with E-state index >= 15 is 0 Å². The highest BCUT2D eigenvalue weighted by Crippen LogP contribution is 2.13. The van der Waals surface area contributed by atoms with Crippen molar-refractivity contribution in [3.63, 3.8) is 0 Å². The average molecular weight is 288 g/mol. The Morgan fingerprint density at radius 3 is 2.90 bits per heavy atom. The first-order chi connectivity index (χ1) is 10.2. The van der Waals surface area contributed by atoms with E-state index in [0.29, 0.717) is 12.3 Å². The lowest BCUT2D eigenvalue weighted by Crippen LogP contribution is -2.30. The molecule has 0 saturated carbocycles. The van der Waals surface area contributed by atoms with Crippen molar-refractivity contribution in [1.29, 1.82) is 0 Å². The number of rotatable bonds is 7. The number of furan rings is 1. The Morgan fingerprint density at radius 2 is 2.19 bits per heavy atom. The largest absolute Gasteiger partial charge is 0.484 e. The van der Waals surface area contributed by atoms with E-state index in [0.717, 1.165) is 17.9 Å². The van der Waals surface area contributed by atoms with Gasteiger partial charge in [0.2, 0.25) is 0 Å². The van der Waals surface area contributed by atoms with Crippen molar-refractivity contribution in [2.75, 3.05) is 20.7 Å². The lowest BCUT2D eigenvalue weighted by atomic mass is 10.2. The summed E-state index contributed by atoms with van der Waals surface area (Å²) in [5.41, 5.74) is 1.12. The van der Waals surface area contributed by atoms with E-state index in [9.17, 15) is 4.79 Å². The normalized spacial score (nSPS) is 10.4. The summed E-state index contributed by atoms with van der Waals surface area (Å²) < 4.78 is 10.8. The molecule has 0 unspecified atom stereocenters. The monoisotopic (exact) mass is 288 g/mol. The highest BCUT2D eigenvalue weighted by atomic mass is 16.5. The second-order valence-corrected chi connectivity index (χ2v) is 4.80. The molecule has 21 heavy (non-hydrogen) atoms. The minimum atomic E-state index is -0.0922. The number of nitrogens with zero attached hydrogens (tertiary/aromatic N) is 1. The van der Waals surface area contributed by atoms with Gasteiger partial charge in [-0.1, -0.05) is 12.1 Å². The summed E-state index contributed by atoms with van der Waals surface area (Å²) in [6.45, 7) is 1.22. The van der Waals surface area contributed by atoms with Gasteiger partial charge < -0.3 is 19.4 Å². The minimum Gasteiger partial charge on any atom is -0.484 e. The fourth-order valence-electron chi connectivity index (χ4n) is 1.93. The number of amides is 1. The van der Waals surface area contributed by atoms with Gasteiger partial charge in [-0.25, -0.2) is 0 Å². The Bertz CT molecular complexity index is 567. The number of carbonyl (C=O) groups excluding carboxylic acids is 1. The average Bonchev–Trinajstić information content (AvgIpc) is 2.98. The van der Waals surface area contributed by atoms with Crippen LogP contribution in [0.2, 0.25) is 0 Å². The van der Waals surface area contributed by atoms with Gasteiger partial charge in [-0.05, 0) is 36.9 Å². The molecule has 1 N–H and O–H groups in total. The molecule has 0 radical (unpaired) electrons. The van der Waals surface area contributed by atoms with Gasteiger partial charge in [0.15, 0.2) is 6.61 Å². The molecule has 112 valence electrons. The van der Waals surface area contributed by atoms with E-state index in [2.05, 4.69) is 5.32 Å². The molecule has 0 bridgehead atoms. The van der Waals surface area contributed by atoms with Crippen molar-refractivity contribution in [1.82, 2.24) is 10.2 Å². The van der Waals surface area contributed by atoms with E-state index in [1.807, 2.05) is 37.4 Å².